The maximum atomic E-state index is 13.3. The number of para-hydroxylation sites is 1. The van der Waals surface area contributed by atoms with Crippen molar-refractivity contribution in [3.8, 4) is 0 Å². The van der Waals surface area contributed by atoms with Crippen molar-refractivity contribution in [3.63, 3.8) is 0 Å². The summed E-state index contributed by atoms with van der Waals surface area (Å²) in [5, 5.41) is 22.9. The van der Waals surface area contributed by atoms with Gasteiger partial charge in [-0.05, 0) is 17.7 Å². The van der Waals surface area contributed by atoms with E-state index in [2.05, 4.69) is 0 Å². The Morgan fingerprint density at radius 1 is 1.06 bits per heavy atom. The summed E-state index contributed by atoms with van der Waals surface area (Å²) in [5.74, 6) is -1.22. The zero-order valence-corrected chi connectivity index (χ0v) is 17.0. The van der Waals surface area contributed by atoms with Crippen molar-refractivity contribution in [1.29, 1.82) is 0 Å². The van der Waals surface area contributed by atoms with Crippen LogP contribution in [0.5, 0.6) is 0 Å². The number of nitro groups is 1. The van der Waals surface area contributed by atoms with Gasteiger partial charge in [-0.25, -0.2) is 0 Å². The number of rotatable bonds is 6. The van der Waals surface area contributed by atoms with Crippen molar-refractivity contribution in [2.24, 2.45) is 0 Å². The molecule has 156 valence electrons. The molecule has 7 nitrogen and oxygen atoms in total. The molecule has 1 amide bonds. The van der Waals surface area contributed by atoms with Crippen LogP contribution in [-0.4, -0.2) is 21.7 Å². The van der Waals surface area contributed by atoms with Crippen LogP contribution in [0.15, 0.2) is 72.8 Å². The molecule has 0 aliphatic carbocycles. The molecule has 31 heavy (non-hydrogen) atoms. The number of Topliss-reactive ketones (excluding diaryl/α,β-unsaturated/α-hetero) is 1. The predicted molar refractivity (Wildman–Crippen MR) is 115 cm³/mol. The number of benzene rings is 3. The van der Waals surface area contributed by atoms with E-state index in [9.17, 15) is 24.8 Å². The van der Waals surface area contributed by atoms with E-state index in [-0.39, 0.29) is 17.8 Å². The van der Waals surface area contributed by atoms with Crippen LogP contribution in [0.1, 0.15) is 27.9 Å². The zero-order valence-electron chi connectivity index (χ0n) is 16.2. The number of carbonyl (C=O) groups excluding carboxylic acids is 2. The van der Waals surface area contributed by atoms with Crippen LogP contribution in [0.25, 0.3) is 0 Å². The number of hydrogen-bond acceptors (Lipinski definition) is 5. The van der Waals surface area contributed by atoms with Gasteiger partial charge >= 0.3 is 0 Å². The van der Waals surface area contributed by atoms with E-state index in [4.69, 9.17) is 11.6 Å². The molecule has 0 radical (unpaired) electrons. The molecule has 0 bridgehead atoms. The number of aliphatic hydroxyl groups is 1. The summed E-state index contributed by atoms with van der Waals surface area (Å²) in [6.07, 6.45) is -0.539. The van der Waals surface area contributed by atoms with Crippen molar-refractivity contribution in [1.82, 2.24) is 0 Å². The van der Waals surface area contributed by atoms with Crippen LogP contribution < -0.4 is 4.90 Å². The van der Waals surface area contributed by atoms with Gasteiger partial charge in [0.1, 0.15) is 0 Å². The highest BCUT2D eigenvalue weighted by atomic mass is 35.5. The first-order valence-corrected chi connectivity index (χ1v) is 9.84. The summed E-state index contributed by atoms with van der Waals surface area (Å²) in [5.41, 5.74) is -0.775. The average molecular weight is 437 g/mol. The van der Waals surface area contributed by atoms with Gasteiger partial charge < -0.3 is 10.0 Å². The Morgan fingerprint density at radius 3 is 2.52 bits per heavy atom. The molecule has 3 aromatic carbocycles. The van der Waals surface area contributed by atoms with Crippen molar-refractivity contribution >= 4 is 34.7 Å². The molecule has 8 heteroatoms. The van der Waals surface area contributed by atoms with Crippen molar-refractivity contribution < 1.29 is 19.6 Å². The van der Waals surface area contributed by atoms with Crippen molar-refractivity contribution in [2.75, 3.05) is 4.90 Å². The highest BCUT2D eigenvalue weighted by Crippen LogP contribution is 2.44. The van der Waals surface area contributed by atoms with E-state index < -0.39 is 28.6 Å². The number of fused-ring (bicyclic) bond motifs is 1. The summed E-state index contributed by atoms with van der Waals surface area (Å²) in [7, 11) is 0. The van der Waals surface area contributed by atoms with Gasteiger partial charge in [0.25, 0.3) is 11.6 Å². The summed E-state index contributed by atoms with van der Waals surface area (Å²) >= 11 is 6.24. The molecule has 0 fully saturated rings. The molecule has 0 saturated carbocycles. The lowest BCUT2D eigenvalue weighted by atomic mass is 9.88. The Hall–Kier alpha value is -3.55. The van der Waals surface area contributed by atoms with Gasteiger partial charge in [0.15, 0.2) is 11.4 Å². The first-order valence-electron chi connectivity index (χ1n) is 9.46. The Balaban J connectivity index is 1.68. The van der Waals surface area contributed by atoms with Crippen molar-refractivity contribution in [2.45, 2.75) is 18.6 Å². The molecule has 1 aliphatic rings. The van der Waals surface area contributed by atoms with E-state index >= 15 is 0 Å². The van der Waals surface area contributed by atoms with E-state index in [1.165, 1.54) is 23.1 Å². The molecule has 1 unspecified atom stereocenters. The first-order chi connectivity index (χ1) is 14.8. The number of halogens is 1. The Bertz CT molecular complexity index is 1210. The Morgan fingerprint density at radius 2 is 1.77 bits per heavy atom. The third-order valence-corrected chi connectivity index (χ3v) is 5.69. The first kappa shape index (κ1) is 20.7. The fourth-order valence-corrected chi connectivity index (χ4v) is 3.95. The fraction of sp³-hybridized carbons (Fsp3) is 0.130. The number of non-ortho nitro benzene ring substituents is 1. The number of carbonyl (C=O) groups is 2. The van der Waals surface area contributed by atoms with E-state index in [1.54, 1.807) is 48.5 Å². The third-order valence-electron chi connectivity index (χ3n) is 5.32. The molecule has 0 spiro atoms. The largest absolute Gasteiger partial charge is 0.375 e. The highest BCUT2D eigenvalue weighted by Gasteiger charge is 2.50. The van der Waals surface area contributed by atoms with Gasteiger partial charge in [0.05, 0.1) is 23.6 Å². The molecule has 1 atom stereocenters. The zero-order chi connectivity index (χ0) is 22.2. The molecule has 1 N–H and O–H groups in total. The van der Waals surface area contributed by atoms with E-state index in [0.29, 0.717) is 21.8 Å². The minimum Gasteiger partial charge on any atom is -0.375 e. The minimum atomic E-state index is -2.08. The lowest BCUT2D eigenvalue weighted by Crippen LogP contribution is -2.41. The lowest BCUT2D eigenvalue weighted by molar-refractivity contribution is -0.384. The second-order valence-electron chi connectivity index (χ2n) is 7.27. The molecule has 3 aromatic rings. The monoisotopic (exact) mass is 436 g/mol. The lowest BCUT2D eigenvalue weighted by Gasteiger charge is -2.23. The average Bonchev–Trinajstić information content (AvgIpc) is 2.97. The van der Waals surface area contributed by atoms with Crippen LogP contribution in [0.3, 0.4) is 0 Å². The number of nitrogens with zero attached hydrogens (tertiary/aromatic N) is 2. The summed E-state index contributed by atoms with van der Waals surface area (Å²) in [4.78, 5) is 38.0. The molecule has 0 saturated heterocycles. The van der Waals surface area contributed by atoms with Crippen LogP contribution in [-0.2, 0) is 16.9 Å². The van der Waals surface area contributed by atoms with Gasteiger partial charge in [-0.2, -0.15) is 0 Å². The van der Waals surface area contributed by atoms with Crippen molar-refractivity contribution in [3.05, 3.63) is 105 Å². The van der Waals surface area contributed by atoms with Crippen LogP contribution >= 0.6 is 11.6 Å². The molecule has 4 rings (SSSR count). The number of amides is 1. The smallest absolute Gasteiger partial charge is 0.270 e. The topological polar surface area (TPSA) is 101 Å². The maximum Gasteiger partial charge on any atom is 0.270 e. The standard InChI is InChI=1S/C23H17ClN2O5/c24-19-10-3-1-6-16(19)14-25-20-11-4-2-9-18(20)23(29,22(25)28)13-21(27)15-7-5-8-17(12-15)26(30)31/h1-12,29H,13-14H2. The van der Waals surface area contributed by atoms with Gasteiger partial charge in [0.2, 0.25) is 0 Å². The Kier molecular flexibility index (Phi) is 5.31. The SMILES string of the molecule is O=C(CC1(O)C(=O)N(Cc2ccccc2Cl)c2ccccc21)c1cccc([N+](=O)[O-])c1. The fourth-order valence-electron chi connectivity index (χ4n) is 3.76. The van der Waals surface area contributed by atoms with Crippen LogP contribution in [0.2, 0.25) is 5.02 Å². The Labute approximate surface area is 182 Å². The number of nitro benzene ring substituents is 1. The number of hydrogen-bond donors (Lipinski definition) is 1. The molecule has 1 heterocycles. The molecule has 1 aliphatic heterocycles. The van der Waals surface area contributed by atoms with E-state index in [1.807, 2.05) is 0 Å². The van der Waals surface area contributed by atoms with Gasteiger partial charge in [-0.3, -0.25) is 19.7 Å². The molecule has 0 aromatic heterocycles. The third kappa shape index (κ3) is 3.69. The minimum absolute atomic E-state index is 0.0532. The normalized spacial score (nSPS) is 17.5. The highest BCUT2D eigenvalue weighted by molar-refractivity contribution is 6.31. The van der Waals surface area contributed by atoms with Gasteiger partial charge in [-0.1, -0.05) is 60.1 Å². The van der Waals surface area contributed by atoms with Crippen LogP contribution in [0.4, 0.5) is 11.4 Å². The summed E-state index contributed by atoms with van der Waals surface area (Å²) < 4.78 is 0. The van der Waals surface area contributed by atoms with Gasteiger partial charge in [-0.15, -0.1) is 0 Å². The molecular formula is C23H17ClN2O5. The second-order valence-corrected chi connectivity index (χ2v) is 7.67. The summed E-state index contributed by atoms with van der Waals surface area (Å²) in [6.45, 7) is 0.128. The predicted octanol–water partition coefficient (Wildman–Crippen LogP) is 4.26. The maximum absolute atomic E-state index is 13.3. The van der Waals surface area contributed by atoms with Crippen LogP contribution in [0, 0.1) is 10.1 Å². The molecular weight excluding hydrogens is 420 g/mol. The second kappa shape index (κ2) is 7.94. The number of ketones is 1. The summed E-state index contributed by atoms with van der Waals surface area (Å²) in [6, 6.07) is 19.0. The van der Waals surface area contributed by atoms with Gasteiger partial charge in [0, 0.05) is 28.3 Å². The number of anilines is 1. The quantitative estimate of drug-likeness (QED) is 0.353. The van der Waals surface area contributed by atoms with E-state index in [0.717, 1.165) is 6.07 Å².